The quantitative estimate of drug-likeness (QED) is 0.874. The first-order valence-corrected chi connectivity index (χ1v) is 7.42. The van der Waals surface area contributed by atoms with Crippen molar-refractivity contribution in [2.24, 2.45) is 5.92 Å². The van der Waals surface area contributed by atoms with Crippen molar-refractivity contribution in [3.05, 3.63) is 48.0 Å². The molecule has 2 aromatic rings. The smallest absolute Gasteiger partial charge is 0.317 e. The van der Waals surface area contributed by atoms with E-state index >= 15 is 0 Å². The summed E-state index contributed by atoms with van der Waals surface area (Å²) in [5, 5.41) is 11.5. The second-order valence-corrected chi connectivity index (χ2v) is 6.00. The summed E-state index contributed by atoms with van der Waals surface area (Å²) in [5.74, 6) is -0.337. The lowest BCUT2D eigenvalue weighted by molar-refractivity contribution is -0.139. The van der Waals surface area contributed by atoms with Crippen LogP contribution in [0.5, 0.6) is 0 Å². The van der Waals surface area contributed by atoms with Gasteiger partial charge < -0.3 is 5.11 Å². The van der Waals surface area contributed by atoms with E-state index in [0.717, 1.165) is 12.1 Å². The molecule has 3 heteroatoms. The standard InChI is InChI=1S/C18H23NO2/c1-13(2)11-19(12-18(20)21)14(3)16-9-8-15-6-4-5-7-17(15)10-16/h4-10,13-14H,11-12H2,1-3H3,(H,20,21). The van der Waals surface area contributed by atoms with E-state index in [9.17, 15) is 4.79 Å². The topological polar surface area (TPSA) is 40.5 Å². The number of carboxylic acids is 1. The van der Waals surface area contributed by atoms with Gasteiger partial charge in [0.25, 0.3) is 0 Å². The van der Waals surface area contributed by atoms with E-state index in [0.29, 0.717) is 5.92 Å². The first kappa shape index (κ1) is 15.5. The third-order valence-corrected chi connectivity index (χ3v) is 3.74. The van der Waals surface area contributed by atoms with Crippen LogP contribution in [0.15, 0.2) is 42.5 Å². The Kier molecular flexibility index (Phi) is 4.97. The van der Waals surface area contributed by atoms with Gasteiger partial charge in [-0.2, -0.15) is 0 Å². The second-order valence-electron chi connectivity index (χ2n) is 6.00. The number of carbonyl (C=O) groups is 1. The molecule has 21 heavy (non-hydrogen) atoms. The van der Waals surface area contributed by atoms with Crippen LogP contribution in [-0.2, 0) is 4.79 Å². The van der Waals surface area contributed by atoms with E-state index in [4.69, 9.17) is 5.11 Å². The molecule has 0 saturated heterocycles. The number of hydrogen-bond acceptors (Lipinski definition) is 2. The molecule has 0 aliphatic rings. The second kappa shape index (κ2) is 6.72. The first-order valence-electron chi connectivity index (χ1n) is 7.42. The lowest BCUT2D eigenvalue weighted by atomic mass is 10.0. The Hall–Kier alpha value is -1.87. The maximum absolute atomic E-state index is 11.1. The van der Waals surface area contributed by atoms with Gasteiger partial charge in [-0.1, -0.05) is 50.2 Å². The van der Waals surface area contributed by atoms with Crippen LogP contribution in [0.2, 0.25) is 0 Å². The van der Waals surface area contributed by atoms with Crippen LogP contribution >= 0.6 is 0 Å². The zero-order chi connectivity index (χ0) is 15.4. The molecule has 0 heterocycles. The van der Waals surface area contributed by atoms with Crippen molar-refractivity contribution in [2.75, 3.05) is 13.1 Å². The Balaban J connectivity index is 2.28. The zero-order valence-corrected chi connectivity index (χ0v) is 12.9. The van der Waals surface area contributed by atoms with Crippen molar-refractivity contribution in [1.82, 2.24) is 4.90 Å². The van der Waals surface area contributed by atoms with Crippen molar-refractivity contribution < 1.29 is 9.90 Å². The lowest BCUT2D eigenvalue weighted by Crippen LogP contribution is -2.35. The minimum Gasteiger partial charge on any atom is -0.480 e. The van der Waals surface area contributed by atoms with Crippen LogP contribution in [0.4, 0.5) is 0 Å². The average Bonchev–Trinajstić information content (AvgIpc) is 2.44. The average molecular weight is 285 g/mol. The lowest BCUT2D eigenvalue weighted by Gasteiger charge is -2.29. The normalized spacial score (nSPS) is 13.0. The van der Waals surface area contributed by atoms with E-state index in [-0.39, 0.29) is 12.6 Å². The Bertz CT molecular complexity index is 621. The summed E-state index contributed by atoms with van der Waals surface area (Å²) in [5.41, 5.74) is 1.16. The fourth-order valence-corrected chi connectivity index (χ4v) is 2.68. The highest BCUT2D eigenvalue weighted by Crippen LogP contribution is 2.25. The van der Waals surface area contributed by atoms with Gasteiger partial charge in [-0.05, 0) is 35.2 Å². The summed E-state index contributed by atoms with van der Waals surface area (Å²) in [7, 11) is 0. The van der Waals surface area contributed by atoms with Crippen LogP contribution in [-0.4, -0.2) is 29.1 Å². The van der Waals surface area contributed by atoms with Gasteiger partial charge >= 0.3 is 5.97 Å². The Morgan fingerprint density at radius 3 is 2.38 bits per heavy atom. The van der Waals surface area contributed by atoms with E-state index < -0.39 is 5.97 Å². The number of benzene rings is 2. The first-order chi connectivity index (χ1) is 9.97. The monoisotopic (exact) mass is 285 g/mol. The van der Waals surface area contributed by atoms with E-state index in [1.807, 2.05) is 17.0 Å². The van der Waals surface area contributed by atoms with Crippen LogP contribution in [0.25, 0.3) is 10.8 Å². The van der Waals surface area contributed by atoms with Gasteiger partial charge in [0.15, 0.2) is 0 Å². The summed E-state index contributed by atoms with van der Waals surface area (Å²) in [6.45, 7) is 7.16. The fraction of sp³-hybridized carbons (Fsp3) is 0.389. The molecule has 1 unspecified atom stereocenters. The maximum Gasteiger partial charge on any atom is 0.317 e. The van der Waals surface area contributed by atoms with Crippen molar-refractivity contribution in [3.8, 4) is 0 Å². The van der Waals surface area contributed by atoms with Gasteiger partial charge in [0.05, 0.1) is 6.54 Å². The molecule has 0 radical (unpaired) electrons. The summed E-state index contributed by atoms with van der Waals surface area (Å²) >= 11 is 0. The largest absolute Gasteiger partial charge is 0.480 e. The van der Waals surface area contributed by atoms with Crippen LogP contribution in [0.3, 0.4) is 0 Å². The van der Waals surface area contributed by atoms with Gasteiger partial charge in [0, 0.05) is 12.6 Å². The predicted molar refractivity (Wildman–Crippen MR) is 86.4 cm³/mol. The number of carboxylic acid groups (broad SMARTS) is 1. The molecule has 0 spiro atoms. The molecule has 2 aromatic carbocycles. The number of fused-ring (bicyclic) bond motifs is 1. The molecule has 3 nitrogen and oxygen atoms in total. The summed E-state index contributed by atoms with van der Waals surface area (Å²) in [4.78, 5) is 13.1. The van der Waals surface area contributed by atoms with Gasteiger partial charge in [-0.15, -0.1) is 0 Å². The highest BCUT2D eigenvalue weighted by molar-refractivity contribution is 5.83. The molecule has 0 aliphatic carbocycles. The fourth-order valence-electron chi connectivity index (χ4n) is 2.68. The molecule has 0 aromatic heterocycles. The van der Waals surface area contributed by atoms with Gasteiger partial charge in [0.1, 0.15) is 0 Å². The summed E-state index contributed by atoms with van der Waals surface area (Å²) in [6, 6.07) is 14.7. The molecule has 0 aliphatic heterocycles. The van der Waals surface area contributed by atoms with Crippen molar-refractivity contribution in [1.29, 1.82) is 0 Å². The van der Waals surface area contributed by atoms with Crippen LogP contribution in [0, 0.1) is 5.92 Å². The maximum atomic E-state index is 11.1. The van der Waals surface area contributed by atoms with Crippen LogP contribution in [0.1, 0.15) is 32.4 Å². The number of rotatable bonds is 6. The molecule has 2 rings (SSSR count). The van der Waals surface area contributed by atoms with E-state index in [1.54, 1.807) is 0 Å². The molecular formula is C18H23NO2. The van der Waals surface area contributed by atoms with E-state index in [2.05, 4.69) is 51.1 Å². The Morgan fingerprint density at radius 2 is 1.76 bits per heavy atom. The van der Waals surface area contributed by atoms with Gasteiger partial charge in [0.2, 0.25) is 0 Å². The van der Waals surface area contributed by atoms with Crippen molar-refractivity contribution in [3.63, 3.8) is 0 Å². The summed E-state index contributed by atoms with van der Waals surface area (Å²) < 4.78 is 0. The third-order valence-electron chi connectivity index (χ3n) is 3.74. The van der Waals surface area contributed by atoms with Crippen molar-refractivity contribution >= 4 is 16.7 Å². The SMILES string of the molecule is CC(C)CN(CC(=O)O)C(C)c1ccc2ccccc2c1. The molecule has 0 amide bonds. The van der Waals surface area contributed by atoms with Gasteiger partial charge in [-0.25, -0.2) is 0 Å². The molecule has 1 N–H and O–H groups in total. The molecule has 112 valence electrons. The Morgan fingerprint density at radius 1 is 1.10 bits per heavy atom. The molecule has 1 atom stereocenters. The van der Waals surface area contributed by atoms with E-state index in [1.165, 1.54) is 10.8 Å². The predicted octanol–water partition coefficient (Wildman–Crippen LogP) is 3.94. The summed E-state index contributed by atoms with van der Waals surface area (Å²) in [6.07, 6.45) is 0. The highest BCUT2D eigenvalue weighted by atomic mass is 16.4. The zero-order valence-electron chi connectivity index (χ0n) is 12.9. The minimum atomic E-state index is -0.775. The number of nitrogens with zero attached hydrogens (tertiary/aromatic N) is 1. The van der Waals surface area contributed by atoms with Crippen LogP contribution < -0.4 is 0 Å². The highest BCUT2D eigenvalue weighted by Gasteiger charge is 2.19. The minimum absolute atomic E-state index is 0.0756. The Labute approximate surface area is 126 Å². The van der Waals surface area contributed by atoms with Gasteiger partial charge in [-0.3, -0.25) is 9.69 Å². The third kappa shape index (κ3) is 4.05. The molecule has 0 bridgehead atoms. The number of hydrogen-bond donors (Lipinski definition) is 1. The number of aliphatic carboxylic acids is 1. The molecule has 0 fully saturated rings. The van der Waals surface area contributed by atoms with Crippen molar-refractivity contribution in [2.45, 2.75) is 26.8 Å². The molecular weight excluding hydrogens is 262 g/mol. The molecule has 0 saturated carbocycles.